The van der Waals surface area contributed by atoms with E-state index in [2.05, 4.69) is 240 Å². The maximum atomic E-state index is 2.46. The fourth-order valence-corrected chi connectivity index (χ4v) is 10.1. The molecule has 1 heterocycles. The molecule has 1 aliphatic carbocycles. The Bertz CT molecular complexity index is 3180. The van der Waals surface area contributed by atoms with Crippen molar-refractivity contribution in [2.75, 3.05) is 9.80 Å². The zero-order valence-corrected chi connectivity index (χ0v) is 32.3. The van der Waals surface area contributed by atoms with Gasteiger partial charge in [0.25, 0.3) is 0 Å². The molecule has 2 nitrogen and oxygen atoms in total. The molecule has 0 spiro atoms. The molecule has 0 aromatic heterocycles. The Morgan fingerprint density at radius 2 is 0.864 bits per heavy atom. The molecule has 10 aromatic carbocycles. The van der Waals surface area contributed by atoms with Gasteiger partial charge in [-0.1, -0.05) is 170 Å². The van der Waals surface area contributed by atoms with E-state index in [9.17, 15) is 0 Å². The minimum Gasteiger partial charge on any atom is -0.310 e. The van der Waals surface area contributed by atoms with Crippen molar-refractivity contribution in [2.24, 2.45) is 0 Å². The minimum atomic E-state index is -0.498. The second kappa shape index (κ2) is 13.2. The van der Waals surface area contributed by atoms with Crippen molar-refractivity contribution >= 4 is 55.7 Å². The predicted octanol–water partition coefficient (Wildman–Crippen LogP) is 15.3. The first kappa shape index (κ1) is 33.5. The number of benzene rings is 10. The summed E-state index contributed by atoms with van der Waals surface area (Å²) in [6, 6.07) is 84.9. The van der Waals surface area contributed by atoms with Crippen LogP contribution in [0.2, 0.25) is 0 Å². The molecular formula is C57H38N2. The SMILES string of the molecule is c1ccc(C2(c3ccccc3)c3ccccc3-c3ccc(N(c4ccc(N5c6ccccc6-c6cccc7cccc5c67)cc4)c4ccc5ccccc5c4)cc32)cc1. The van der Waals surface area contributed by atoms with Crippen LogP contribution in [0.15, 0.2) is 231 Å². The summed E-state index contributed by atoms with van der Waals surface area (Å²) >= 11 is 0. The average Bonchev–Trinajstić information content (AvgIpc) is 3.61. The first-order chi connectivity index (χ1) is 29.3. The summed E-state index contributed by atoms with van der Waals surface area (Å²) in [7, 11) is 0. The molecular weight excluding hydrogens is 713 g/mol. The highest BCUT2D eigenvalue weighted by molar-refractivity contribution is 6.13. The van der Waals surface area contributed by atoms with Gasteiger partial charge in [0.15, 0.2) is 0 Å². The Morgan fingerprint density at radius 1 is 0.322 bits per heavy atom. The third-order valence-corrected chi connectivity index (χ3v) is 12.6. The van der Waals surface area contributed by atoms with E-state index in [-0.39, 0.29) is 0 Å². The van der Waals surface area contributed by atoms with Crippen molar-refractivity contribution in [3.05, 3.63) is 253 Å². The van der Waals surface area contributed by atoms with E-state index in [0.29, 0.717) is 0 Å². The Hall–Kier alpha value is -7.68. The van der Waals surface area contributed by atoms with Gasteiger partial charge in [-0.05, 0) is 116 Å². The molecule has 0 atom stereocenters. The normalized spacial score (nSPS) is 13.2. The molecule has 0 saturated heterocycles. The van der Waals surface area contributed by atoms with E-state index in [1.54, 1.807) is 0 Å². The lowest BCUT2D eigenvalue weighted by Gasteiger charge is -2.35. The molecule has 2 aliphatic rings. The fraction of sp³-hybridized carbons (Fsp3) is 0.0175. The van der Waals surface area contributed by atoms with Crippen LogP contribution in [0, 0.1) is 0 Å². The molecule has 0 radical (unpaired) electrons. The number of hydrogen-bond acceptors (Lipinski definition) is 2. The summed E-state index contributed by atoms with van der Waals surface area (Å²) in [6.45, 7) is 0. The number of anilines is 6. The molecule has 1 aliphatic heterocycles. The van der Waals surface area contributed by atoms with Crippen LogP contribution in [-0.2, 0) is 5.41 Å². The monoisotopic (exact) mass is 750 g/mol. The molecule has 59 heavy (non-hydrogen) atoms. The van der Waals surface area contributed by atoms with Crippen LogP contribution in [0.1, 0.15) is 22.3 Å². The van der Waals surface area contributed by atoms with Gasteiger partial charge in [-0.3, -0.25) is 0 Å². The van der Waals surface area contributed by atoms with E-state index in [1.807, 2.05) is 0 Å². The third-order valence-electron chi connectivity index (χ3n) is 12.6. The second-order valence-corrected chi connectivity index (χ2v) is 15.7. The molecule has 0 fully saturated rings. The predicted molar refractivity (Wildman–Crippen MR) is 247 cm³/mol. The van der Waals surface area contributed by atoms with E-state index in [1.165, 1.54) is 77.4 Å². The maximum Gasteiger partial charge on any atom is 0.0714 e. The largest absolute Gasteiger partial charge is 0.310 e. The fourth-order valence-electron chi connectivity index (χ4n) is 10.1. The van der Waals surface area contributed by atoms with Crippen molar-refractivity contribution in [3.8, 4) is 22.3 Å². The molecule has 276 valence electrons. The van der Waals surface area contributed by atoms with Crippen LogP contribution in [-0.4, -0.2) is 0 Å². The Morgan fingerprint density at radius 3 is 1.64 bits per heavy atom. The summed E-state index contributed by atoms with van der Waals surface area (Å²) in [5.41, 5.74) is 16.5. The van der Waals surface area contributed by atoms with Crippen LogP contribution in [0.4, 0.5) is 34.1 Å². The lowest BCUT2D eigenvalue weighted by molar-refractivity contribution is 0.768. The lowest BCUT2D eigenvalue weighted by atomic mass is 9.67. The summed E-state index contributed by atoms with van der Waals surface area (Å²) in [6.07, 6.45) is 0. The zero-order chi connectivity index (χ0) is 38.9. The van der Waals surface area contributed by atoms with Gasteiger partial charge in [0, 0.05) is 33.7 Å². The molecule has 0 amide bonds. The van der Waals surface area contributed by atoms with Crippen LogP contribution in [0.3, 0.4) is 0 Å². The van der Waals surface area contributed by atoms with Crippen molar-refractivity contribution in [2.45, 2.75) is 5.41 Å². The Balaban J connectivity index is 1.06. The molecule has 0 saturated carbocycles. The number of para-hydroxylation sites is 1. The highest BCUT2D eigenvalue weighted by atomic mass is 15.2. The van der Waals surface area contributed by atoms with Gasteiger partial charge in [-0.2, -0.15) is 0 Å². The zero-order valence-electron chi connectivity index (χ0n) is 32.3. The smallest absolute Gasteiger partial charge is 0.0714 e. The first-order valence-electron chi connectivity index (χ1n) is 20.4. The summed E-state index contributed by atoms with van der Waals surface area (Å²) < 4.78 is 0. The van der Waals surface area contributed by atoms with Crippen molar-refractivity contribution < 1.29 is 0 Å². The highest BCUT2D eigenvalue weighted by Gasteiger charge is 2.46. The van der Waals surface area contributed by atoms with Crippen LogP contribution in [0.5, 0.6) is 0 Å². The molecule has 12 rings (SSSR count). The van der Waals surface area contributed by atoms with Gasteiger partial charge in [-0.25, -0.2) is 0 Å². The minimum absolute atomic E-state index is 0.498. The van der Waals surface area contributed by atoms with Crippen LogP contribution >= 0.6 is 0 Å². The maximum absolute atomic E-state index is 2.46. The van der Waals surface area contributed by atoms with Crippen molar-refractivity contribution in [1.82, 2.24) is 0 Å². The van der Waals surface area contributed by atoms with Crippen LogP contribution in [0.25, 0.3) is 43.8 Å². The molecule has 10 aromatic rings. The van der Waals surface area contributed by atoms with Gasteiger partial charge in [0.1, 0.15) is 0 Å². The number of fused-ring (bicyclic) bond motifs is 6. The van der Waals surface area contributed by atoms with Gasteiger partial charge >= 0.3 is 0 Å². The van der Waals surface area contributed by atoms with E-state index < -0.39 is 5.41 Å². The van der Waals surface area contributed by atoms with Gasteiger partial charge in [0.2, 0.25) is 0 Å². The average molecular weight is 751 g/mol. The Labute approximate surface area is 344 Å². The number of rotatable bonds is 6. The molecule has 0 unspecified atom stereocenters. The summed E-state index contributed by atoms with van der Waals surface area (Å²) in [5.74, 6) is 0. The highest BCUT2D eigenvalue weighted by Crippen LogP contribution is 2.57. The van der Waals surface area contributed by atoms with Crippen molar-refractivity contribution in [1.29, 1.82) is 0 Å². The molecule has 0 N–H and O–H groups in total. The second-order valence-electron chi connectivity index (χ2n) is 15.7. The van der Waals surface area contributed by atoms with Gasteiger partial charge < -0.3 is 9.80 Å². The van der Waals surface area contributed by atoms with E-state index in [4.69, 9.17) is 0 Å². The number of hydrogen-bond donors (Lipinski definition) is 0. The van der Waals surface area contributed by atoms with Gasteiger partial charge in [-0.15, -0.1) is 0 Å². The Kier molecular flexibility index (Phi) is 7.48. The van der Waals surface area contributed by atoms with E-state index >= 15 is 0 Å². The standard InChI is InChI=1S/C57H38N2/c1-3-19-42(20-4-1)57(43-21-5-2-6-22-43)52-26-11-9-23-48(52)49-36-35-47(38-53(49)57)58(46-30-29-39-15-7-8-16-41(39)37-46)44-31-33-45(34-32-44)59-54-27-12-10-24-50(54)51-25-13-17-40-18-14-28-55(59)56(40)51/h1-38H. The topological polar surface area (TPSA) is 6.48 Å². The summed E-state index contributed by atoms with van der Waals surface area (Å²) in [5, 5.41) is 4.97. The number of nitrogens with zero attached hydrogens (tertiary/aromatic N) is 2. The van der Waals surface area contributed by atoms with Crippen molar-refractivity contribution in [3.63, 3.8) is 0 Å². The molecule has 2 heteroatoms. The van der Waals surface area contributed by atoms with E-state index in [0.717, 1.165) is 22.7 Å². The summed E-state index contributed by atoms with van der Waals surface area (Å²) in [4.78, 5) is 4.86. The third kappa shape index (κ3) is 5.00. The van der Waals surface area contributed by atoms with Gasteiger partial charge in [0.05, 0.1) is 16.8 Å². The lowest BCUT2D eigenvalue weighted by Crippen LogP contribution is -2.28. The first-order valence-corrected chi connectivity index (χ1v) is 20.4. The quantitative estimate of drug-likeness (QED) is 0.167. The van der Waals surface area contributed by atoms with Crippen LogP contribution < -0.4 is 9.80 Å². The molecule has 0 bridgehead atoms.